The highest BCUT2D eigenvalue weighted by Crippen LogP contribution is 2.08. The van der Waals surface area contributed by atoms with Gasteiger partial charge in [-0.15, -0.1) is 0 Å². The van der Waals surface area contributed by atoms with Crippen LogP contribution in [-0.2, 0) is 4.79 Å². The van der Waals surface area contributed by atoms with Crippen molar-refractivity contribution in [2.75, 3.05) is 0 Å². The Balaban J connectivity index is 2.75. The number of ketones is 1. The molecule has 104 valence electrons. The number of carbonyl (C=O) groups is 3. The minimum atomic E-state index is -1.07. The molecule has 0 bridgehead atoms. The van der Waals surface area contributed by atoms with E-state index in [9.17, 15) is 14.4 Å². The summed E-state index contributed by atoms with van der Waals surface area (Å²) in [5, 5.41) is 11.5. The van der Waals surface area contributed by atoms with Crippen LogP contribution in [0.1, 0.15) is 48.0 Å². The van der Waals surface area contributed by atoms with Crippen molar-refractivity contribution in [3.05, 3.63) is 23.5 Å². The number of aliphatic carboxylic acids is 1. The summed E-state index contributed by atoms with van der Waals surface area (Å²) >= 11 is 0. The van der Waals surface area contributed by atoms with Crippen LogP contribution >= 0.6 is 0 Å². The van der Waals surface area contributed by atoms with Crippen LogP contribution in [-0.4, -0.2) is 33.8 Å². The maximum absolute atomic E-state index is 11.9. The number of carbonyl (C=O) groups excluding carboxylic acids is 2. The molecule has 6 nitrogen and oxygen atoms in total. The van der Waals surface area contributed by atoms with Gasteiger partial charge in [0, 0.05) is 11.8 Å². The number of aromatic amines is 1. The third-order valence-electron chi connectivity index (χ3n) is 2.64. The van der Waals surface area contributed by atoms with Gasteiger partial charge < -0.3 is 15.4 Å². The van der Waals surface area contributed by atoms with Gasteiger partial charge in [-0.1, -0.05) is 13.8 Å². The van der Waals surface area contributed by atoms with Crippen molar-refractivity contribution < 1.29 is 19.5 Å². The highest BCUT2D eigenvalue weighted by molar-refractivity contribution is 6.00. The second-order valence-corrected chi connectivity index (χ2v) is 4.85. The van der Waals surface area contributed by atoms with Gasteiger partial charge in [0.15, 0.2) is 5.78 Å². The highest BCUT2D eigenvalue weighted by atomic mass is 16.4. The van der Waals surface area contributed by atoms with Gasteiger partial charge in [-0.25, -0.2) is 4.79 Å². The molecule has 1 aromatic heterocycles. The van der Waals surface area contributed by atoms with E-state index in [1.54, 1.807) is 0 Å². The molecule has 1 rings (SSSR count). The number of amides is 1. The second kappa shape index (κ2) is 6.17. The summed E-state index contributed by atoms with van der Waals surface area (Å²) in [7, 11) is 0. The summed E-state index contributed by atoms with van der Waals surface area (Å²) in [6, 6.07) is 0.475. The van der Waals surface area contributed by atoms with Crippen molar-refractivity contribution in [2.24, 2.45) is 5.92 Å². The fourth-order valence-electron chi connectivity index (χ4n) is 1.66. The Morgan fingerprint density at radius 2 is 2.00 bits per heavy atom. The smallest absolute Gasteiger partial charge is 0.326 e. The maximum Gasteiger partial charge on any atom is 0.326 e. The van der Waals surface area contributed by atoms with Gasteiger partial charge in [-0.3, -0.25) is 9.59 Å². The van der Waals surface area contributed by atoms with Gasteiger partial charge in [0.25, 0.3) is 5.91 Å². The predicted octanol–water partition coefficient (Wildman–Crippen LogP) is 1.45. The average Bonchev–Trinajstić information content (AvgIpc) is 2.76. The number of aromatic nitrogens is 1. The molecule has 0 aromatic carbocycles. The zero-order valence-electron chi connectivity index (χ0n) is 11.2. The SMILES string of the molecule is CC(=O)c1c[nH]c(C(=O)N[C@@H](CC(C)C)C(=O)O)c1. The van der Waals surface area contributed by atoms with Gasteiger partial charge in [0.2, 0.25) is 0 Å². The van der Waals surface area contributed by atoms with E-state index in [1.165, 1.54) is 19.2 Å². The van der Waals surface area contributed by atoms with Crippen LogP contribution in [0.4, 0.5) is 0 Å². The van der Waals surface area contributed by atoms with Crippen LogP contribution in [0, 0.1) is 5.92 Å². The molecular weight excluding hydrogens is 248 g/mol. The first-order chi connectivity index (χ1) is 8.81. The molecule has 0 aliphatic carbocycles. The number of nitrogens with one attached hydrogen (secondary N) is 2. The molecule has 1 aromatic rings. The molecule has 0 saturated heterocycles. The minimum Gasteiger partial charge on any atom is -0.480 e. The van der Waals surface area contributed by atoms with Crippen LogP contribution < -0.4 is 5.32 Å². The Kier molecular flexibility index (Phi) is 4.86. The van der Waals surface area contributed by atoms with E-state index >= 15 is 0 Å². The van der Waals surface area contributed by atoms with Crippen LogP contribution in [0.2, 0.25) is 0 Å². The molecule has 0 aliphatic rings. The Morgan fingerprint density at radius 1 is 1.37 bits per heavy atom. The van der Waals surface area contributed by atoms with E-state index in [0.29, 0.717) is 12.0 Å². The maximum atomic E-state index is 11.9. The number of hydrogen-bond acceptors (Lipinski definition) is 3. The van der Waals surface area contributed by atoms with Crippen molar-refractivity contribution in [3.63, 3.8) is 0 Å². The minimum absolute atomic E-state index is 0.151. The number of Topliss-reactive ketones (excluding diaryl/α,β-unsaturated/α-hetero) is 1. The van der Waals surface area contributed by atoms with E-state index in [2.05, 4.69) is 10.3 Å². The van der Waals surface area contributed by atoms with Crippen LogP contribution in [0.15, 0.2) is 12.3 Å². The predicted molar refractivity (Wildman–Crippen MR) is 69.1 cm³/mol. The molecule has 1 amide bonds. The largest absolute Gasteiger partial charge is 0.480 e. The van der Waals surface area contributed by atoms with Crippen LogP contribution in [0.3, 0.4) is 0 Å². The number of carboxylic acids is 1. The van der Waals surface area contributed by atoms with Crippen LogP contribution in [0.5, 0.6) is 0 Å². The molecule has 0 aliphatic heterocycles. The molecule has 0 unspecified atom stereocenters. The molecule has 1 heterocycles. The van der Waals surface area contributed by atoms with Gasteiger partial charge in [0.1, 0.15) is 11.7 Å². The lowest BCUT2D eigenvalue weighted by Crippen LogP contribution is -2.41. The Bertz CT molecular complexity index is 491. The number of rotatable bonds is 6. The highest BCUT2D eigenvalue weighted by Gasteiger charge is 2.22. The molecule has 0 saturated carbocycles. The van der Waals surface area contributed by atoms with E-state index < -0.39 is 17.9 Å². The molecular formula is C13H18N2O4. The van der Waals surface area contributed by atoms with Crippen LogP contribution in [0.25, 0.3) is 0 Å². The number of carboxylic acid groups (broad SMARTS) is 1. The first-order valence-electron chi connectivity index (χ1n) is 6.04. The lowest BCUT2D eigenvalue weighted by atomic mass is 10.0. The first-order valence-corrected chi connectivity index (χ1v) is 6.04. The van der Waals surface area contributed by atoms with Crippen molar-refractivity contribution in [1.29, 1.82) is 0 Å². The Hall–Kier alpha value is -2.11. The van der Waals surface area contributed by atoms with Gasteiger partial charge >= 0.3 is 5.97 Å². The first kappa shape index (κ1) is 14.9. The van der Waals surface area contributed by atoms with Gasteiger partial charge in [-0.2, -0.15) is 0 Å². The fourth-order valence-corrected chi connectivity index (χ4v) is 1.66. The summed E-state index contributed by atoms with van der Waals surface area (Å²) in [6.45, 7) is 5.15. The molecule has 3 N–H and O–H groups in total. The normalized spacial score (nSPS) is 12.2. The quantitative estimate of drug-likeness (QED) is 0.678. The fraction of sp³-hybridized carbons (Fsp3) is 0.462. The Labute approximate surface area is 111 Å². The molecule has 0 radical (unpaired) electrons. The third kappa shape index (κ3) is 4.24. The zero-order chi connectivity index (χ0) is 14.6. The molecule has 19 heavy (non-hydrogen) atoms. The van der Waals surface area contributed by atoms with Crippen molar-refractivity contribution in [2.45, 2.75) is 33.2 Å². The summed E-state index contributed by atoms with van der Waals surface area (Å²) in [5.74, 6) is -1.61. The summed E-state index contributed by atoms with van der Waals surface area (Å²) < 4.78 is 0. The van der Waals surface area contributed by atoms with Gasteiger partial charge in [0.05, 0.1) is 0 Å². The zero-order valence-corrected chi connectivity index (χ0v) is 11.2. The molecule has 6 heteroatoms. The summed E-state index contributed by atoms with van der Waals surface area (Å²) in [5.41, 5.74) is 0.570. The lowest BCUT2D eigenvalue weighted by Gasteiger charge is -2.15. The van der Waals surface area contributed by atoms with E-state index in [-0.39, 0.29) is 17.4 Å². The van der Waals surface area contributed by atoms with E-state index in [0.717, 1.165) is 0 Å². The topological polar surface area (TPSA) is 99.3 Å². The van der Waals surface area contributed by atoms with Crippen molar-refractivity contribution in [3.8, 4) is 0 Å². The summed E-state index contributed by atoms with van der Waals surface area (Å²) in [4.78, 5) is 36.7. The molecule has 0 spiro atoms. The van der Waals surface area contributed by atoms with Gasteiger partial charge in [-0.05, 0) is 25.3 Å². The molecule has 0 fully saturated rings. The Morgan fingerprint density at radius 3 is 2.42 bits per heavy atom. The van der Waals surface area contributed by atoms with E-state index in [4.69, 9.17) is 5.11 Å². The van der Waals surface area contributed by atoms with E-state index in [1.807, 2.05) is 13.8 Å². The average molecular weight is 266 g/mol. The number of H-pyrrole nitrogens is 1. The monoisotopic (exact) mass is 266 g/mol. The second-order valence-electron chi connectivity index (χ2n) is 4.85. The van der Waals surface area contributed by atoms with Crippen molar-refractivity contribution >= 4 is 17.7 Å². The van der Waals surface area contributed by atoms with Crippen molar-refractivity contribution in [1.82, 2.24) is 10.3 Å². The third-order valence-corrected chi connectivity index (χ3v) is 2.64. The number of hydrogen-bond donors (Lipinski definition) is 3. The standard InChI is InChI=1S/C13H18N2O4/c1-7(2)4-11(13(18)19)15-12(17)10-5-9(6-14-10)8(3)16/h5-7,11,14H,4H2,1-3H3,(H,15,17)(H,18,19)/t11-/m0/s1. The molecule has 1 atom stereocenters. The lowest BCUT2D eigenvalue weighted by molar-refractivity contribution is -0.139. The summed E-state index contributed by atoms with van der Waals surface area (Å²) in [6.07, 6.45) is 1.77.